The Labute approximate surface area is 469 Å². The van der Waals surface area contributed by atoms with Crippen molar-refractivity contribution < 1.29 is 67.0 Å². The molecule has 1 amide bonds. The molecule has 2 aromatic rings. The molecular weight excluding hydrogens is 1030 g/mol. The van der Waals surface area contributed by atoms with Gasteiger partial charge in [-0.3, -0.25) is 23.7 Å². The summed E-state index contributed by atoms with van der Waals surface area (Å²) in [6.45, 7) is 12.7. The molecule has 2 N–H and O–H groups in total. The minimum Gasteiger partial charge on any atom is -0.460 e. The van der Waals surface area contributed by atoms with Crippen LogP contribution in [0, 0.1) is 35.5 Å². The van der Waals surface area contributed by atoms with Crippen LogP contribution in [0.3, 0.4) is 0 Å². The van der Waals surface area contributed by atoms with Gasteiger partial charge in [0.1, 0.15) is 30.1 Å². The summed E-state index contributed by atoms with van der Waals surface area (Å²) in [5, 5.41) is 24.8. The van der Waals surface area contributed by atoms with Crippen molar-refractivity contribution in [2.45, 2.75) is 180 Å². The van der Waals surface area contributed by atoms with E-state index in [1.165, 1.54) is 12.0 Å². The van der Waals surface area contributed by atoms with Gasteiger partial charge in [0.2, 0.25) is 5.79 Å². The predicted molar refractivity (Wildman–Crippen MR) is 304 cm³/mol. The lowest BCUT2D eigenvalue weighted by molar-refractivity contribution is -0.265. The van der Waals surface area contributed by atoms with Crippen LogP contribution in [0.2, 0.25) is 0 Å². The first-order valence-corrected chi connectivity index (χ1v) is 30.2. The van der Waals surface area contributed by atoms with E-state index in [4.69, 9.17) is 28.2 Å². The molecule has 15 atom stereocenters. The maximum atomic E-state index is 15.0. The van der Waals surface area contributed by atoms with Crippen LogP contribution in [0.25, 0.3) is 0 Å². The molecular formula is C63H88NO14P. The second kappa shape index (κ2) is 29.3. The number of aliphatic hydroxyl groups excluding tert-OH is 1. The van der Waals surface area contributed by atoms with Crippen molar-refractivity contribution in [1.29, 1.82) is 0 Å². The number of hydrogen-bond acceptors (Lipinski definition) is 14. The van der Waals surface area contributed by atoms with Crippen molar-refractivity contribution in [3.8, 4) is 0 Å². The summed E-state index contributed by atoms with van der Waals surface area (Å²) in [5.41, 5.74) is 1.24. The molecule has 0 spiro atoms. The zero-order valence-corrected chi connectivity index (χ0v) is 49.1. The Hall–Kier alpha value is -4.70. The summed E-state index contributed by atoms with van der Waals surface area (Å²) in [6.07, 6.45) is 10.6. The number of aliphatic hydroxyl groups is 2. The van der Waals surface area contributed by atoms with Gasteiger partial charge in [0, 0.05) is 69.1 Å². The number of esters is 1. The molecule has 16 heteroatoms. The number of allylic oxidation sites excluding steroid dienone is 6. The number of cyclic esters (lactones) is 1. The largest absolute Gasteiger partial charge is 0.460 e. The molecule has 0 aromatic heterocycles. The third kappa shape index (κ3) is 16.1. The Morgan fingerprint density at radius 1 is 0.772 bits per heavy atom. The fourth-order valence-corrected chi connectivity index (χ4v) is 14.2. The number of methoxy groups -OCH3 is 3. The molecule has 1 saturated carbocycles. The third-order valence-corrected chi connectivity index (χ3v) is 19.5. The normalized spacial score (nSPS) is 34.4. The fourth-order valence-electron chi connectivity index (χ4n) is 11.9. The number of ketones is 3. The molecule has 15 nitrogen and oxygen atoms in total. The third-order valence-electron chi connectivity index (χ3n) is 16.9. The minimum absolute atomic E-state index is 0.000329. The van der Waals surface area contributed by atoms with Crippen LogP contribution in [0.15, 0.2) is 108 Å². The van der Waals surface area contributed by atoms with Crippen LogP contribution in [0.5, 0.6) is 0 Å². The molecule has 2 saturated heterocycles. The number of ether oxygens (including phenoxy) is 5. The molecule has 1 unspecified atom stereocenters. The standard InChI is InChI=1S/C63H88NO14P/c1-40-22-14-11-15-23-41(2)54(73-8)38-48-31-29-46(7)63(71,77-48)60(68)61(69)64-33-21-20-28-51(64)62(70)76-55(39-52(65)42(3)35-45(6)58(67)59(75-10)57(66)44(5)34-40)43(4)36-47-30-32-53(56(37-47)74-9)78-79(72,49-24-16-12-17-25-49)50-26-18-13-19-27-50/h11-19,22-27,35,40,42-44,46-48,51,53-56,58-59,67,71H,20-21,28-34,36-39H2,1-10H3/b15-11?,22-14+,41-23?,45-35+/t40-,42-,43-,44-,46-,47+,48+,51?,53-,54+,55+,56-,58-,59+,63-/m1/s1. The van der Waals surface area contributed by atoms with Crippen molar-refractivity contribution in [3.05, 3.63) is 108 Å². The van der Waals surface area contributed by atoms with Gasteiger partial charge < -0.3 is 43.3 Å². The van der Waals surface area contributed by atoms with Crippen molar-refractivity contribution in [3.63, 3.8) is 0 Å². The Kier molecular flexibility index (Phi) is 23.6. The summed E-state index contributed by atoms with van der Waals surface area (Å²) >= 11 is 0. The van der Waals surface area contributed by atoms with Crippen LogP contribution >= 0.6 is 7.37 Å². The van der Waals surface area contributed by atoms with E-state index in [2.05, 4.69) is 0 Å². The topological polar surface area (TPSA) is 201 Å². The molecule has 3 fully saturated rings. The van der Waals surface area contributed by atoms with Crippen LogP contribution < -0.4 is 10.6 Å². The van der Waals surface area contributed by atoms with E-state index in [0.29, 0.717) is 80.4 Å². The Morgan fingerprint density at radius 2 is 1.44 bits per heavy atom. The van der Waals surface area contributed by atoms with E-state index in [9.17, 15) is 38.8 Å². The highest BCUT2D eigenvalue weighted by molar-refractivity contribution is 7.74. The summed E-state index contributed by atoms with van der Waals surface area (Å²) in [5.74, 6) is -8.37. The van der Waals surface area contributed by atoms with E-state index < -0.39 is 103 Å². The van der Waals surface area contributed by atoms with Crippen molar-refractivity contribution in [2.75, 3.05) is 27.9 Å². The van der Waals surface area contributed by atoms with Crippen LogP contribution in [0.4, 0.5) is 0 Å². The van der Waals surface area contributed by atoms with Gasteiger partial charge in [-0.05, 0) is 131 Å². The number of hydrogen-bond donors (Lipinski definition) is 2. The number of carbonyl (C=O) groups excluding carboxylic acids is 5. The van der Waals surface area contributed by atoms with Gasteiger partial charge in [0.05, 0.1) is 24.4 Å². The van der Waals surface area contributed by atoms with Gasteiger partial charge in [-0.25, -0.2) is 4.79 Å². The highest BCUT2D eigenvalue weighted by atomic mass is 31.2. The number of carbonyl (C=O) groups is 5. The van der Waals surface area contributed by atoms with Gasteiger partial charge in [-0.1, -0.05) is 107 Å². The molecule has 2 aromatic carbocycles. The van der Waals surface area contributed by atoms with Crippen molar-refractivity contribution >= 4 is 47.2 Å². The molecule has 434 valence electrons. The fraction of sp³-hybridized carbons (Fsp3) is 0.603. The molecule has 3 aliphatic heterocycles. The monoisotopic (exact) mass is 1110 g/mol. The molecule has 3 heterocycles. The highest BCUT2D eigenvalue weighted by Gasteiger charge is 2.53. The molecule has 0 radical (unpaired) electrons. The lowest BCUT2D eigenvalue weighted by Crippen LogP contribution is -2.61. The van der Waals surface area contributed by atoms with Crippen LogP contribution in [-0.2, 0) is 56.7 Å². The first-order chi connectivity index (χ1) is 37.6. The number of rotatable bonds is 10. The summed E-state index contributed by atoms with van der Waals surface area (Å²) in [6, 6.07) is 17.2. The van der Waals surface area contributed by atoms with E-state index in [1.54, 1.807) is 41.1 Å². The van der Waals surface area contributed by atoms with Crippen molar-refractivity contribution in [1.82, 2.24) is 4.90 Å². The minimum atomic E-state index is -3.55. The SMILES string of the molecule is CO[C@H]1C[C@@H]2CC[C@@H](C)[C@@](O)(O2)C(=O)C(=O)N2CCCCC2C(=O)O[C@H]([C@H](C)C[C@@H]2CC[C@@H](OP(=O)(c3ccccc3)c3ccccc3)[C@H](OC)C2)CC(=O)[C@H](C)/C=C(\C)[C@@H](O)[C@@H](OC)C(=O)[C@H](C)C[C@H](C)/C=C/C=CC=C1C. The summed E-state index contributed by atoms with van der Waals surface area (Å²) in [7, 11) is 1.02. The van der Waals surface area contributed by atoms with Gasteiger partial charge in [-0.2, -0.15) is 0 Å². The number of piperidine rings is 1. The lowest BCUT2D eigenvalue weighted by Gasteiger charge is -2.42. The molecule has 79 heavy (non-hydrogen) atoms. The predicted octanol–water partition coefficient (Wildman–Crippen LogP) is 9.13. The number of Topliss-reactive ketones (excluding diaryl/α,β-unsaturated/α-hetero) is 3. The average molecular weight is 1110 g/mol. The van der Waals surface area contributed by atoms with Crippen LogP contribution in [-0.4, -0.2) is 127 Å². The second-order valence-electron chi connectivity index (χ2n) is 22.9. The Bertz CT molecular complexity index is 2500. The number of benzene rings is 2. The zero-order chi connectivity index (χ0) is 57.6. The maximum absolute atomic E-state index is 15.0. The molecule has 2 bridgehead atoms. The van der Waals surface area contributed by atoms with Crippen LogP contribution in [0.1, 0.15) is 126 Å². The van der Waals surface area contributed by atoms with E-state index in [-0.39, 0.29) is 42.8 Å². The molecule has 6 rings (SSSR count). The molecule has 4 aliphatic rings. The average Bonchev–Trinajstić information content (AvgIpc) is 3.46. The van der Waals surface area contributed by atoms with Gasteiger partial charge in [0.15, 0.2) is 5.78 Å². The van der Waals surface area contributed by atoms with E-state index >= 15 is 0 Å². The highest BCUT2D eigenvalue weighted by Crippen LogP contribution is 2.49. The van der Waals surface area contributed by atoms with Crippen molar-refractivity contribution in [2.24, 2.45) is 35.5 Å². The summed E-state index contributed by atoms with van der Waals surface area (Å²) < 4.78 is 51.9. The smallest absolute Gasteiger partial charge is 0.329 e. The number of nitrogens with zero attached hydrogens (tertiary/aromatic N) is 1. The second-order valence-corrected chi connectivity index (χ2v) is 25.2. The Balaban J connectivity index is 1.29. The van der Waals surface area contributed by atoms with Gasteiger partial charge >= 0.3 is 5.97 Å². The zero-order valence-electron chi connectivity index (χ0n) is 48.2. The maximum Gasteiger partial charge on any atom is 0.329 e. The first-order valence-electron chi connectivity index (χ1n) is 28.5. The summed E-state index contributed by atoms with van der Waals surface area (Å²) in [4.78, 5) is 73.1. The number of fused-ring (bicyclic) bond motifs is 3. The quantitative estimate of drug-likeness (QED) is 0.0987. The lowest BCUT2D eigenvalue weighted by atomic mass is 9.78. The molecule has 1 aliphatic carbocycles. The number of amides is 1. The van der Waals surface area contributed by atoms with E-state index in [0.717, 1.165) is 5.57 Å². The van der Waals surface area contributed by atoms with E-state index in [1.807, 2.05) is 119 Å². The first kappa shape index (κ1) is 63.5. The van der Waals surface area contributed by atoms with Gasteiger partial charge in [-0.15, -0.1) is 0 Å². The Morgan fingerprint density at radius 3 is 2.08 bits per heavy atom. The van der Waals surface area contributed by atoms with Gasteiger partial charge in [0.25, 0.3) is 19.1 Å².